The minimum absolute atomic E-state index is 0.103. The van der Waals surface area contributed by atoms with Gasteiger partial charge in [0.15, 0.2) is 0 Å². The van der Waals surface area contributed by atoms with Crippen molar-refractivity contribution in [2.24, 2.45) is 0 Å². The highest BCUT2D eigenvalue weighted by molar-refractivity contribution is 6.30. The van der Waals surface area contributed by atoms with Crippen LogP contribution in [0.4, 0.5) is 8.78 Å². The molecule has 0 amide bonds. The molecule has 1 radical (unpaired) electrons. The van der Waals surface area contributed by atoms with E-state index in [2.05, 4.69) is 6.92 Å². The van der Waals surface area contributed by atoms with E-state index in [1.54, 1.807) is 0 Å². The van der Waals surface area contributed by atoms with Gasteiger partial charge in [0.05, 0.1) is 5.02 Å². The molecule has 0 saturated heterocycles. The van der Waals surface area contributed by atoms with Gasteiger partial charge >= 0.3 is 0 Å². The lowest BCUT2D eigenvalue weighted by Crippen LogP contribution is -1.84. The van der Waals surface area contributed by atoms with Crippen molar-refractivity contribution in [2.45, 2.75) is 0 Å². The first kappa shape index (κ1) is 7.48. The summed E-state index contributed by atoms with van der Waals surface area (Å²) in [5, 5.41) is -0.105. The van der Waals surface area contributed by atoms with Crippen LogP contribution in [-0.2, 0) is 0 Å². The van der Waals surface area contributed by atoms with Crippen molar-refractivity contribution < 1.29 is 8.78 Å². The summed E-state index contributed by atoms with van der Waals surface area (Å²) in [6, 6.07) is 1.86. The Bertz CT molecular complexity index is 208. The zero-order valence-corrected chi connectivity index (χ0v) is 5.75. The third-order valence-corrected chi connectivity index (χ3v) is 1.38. The molecule has 1 aromatic carbocycles. The van der Waals surface area contributed by atoms with Crippen molar-refractivity contribution in [1.82, 2.24) is 0 Å². The van der Waals surface area contributed by atoms with E-state index in [0.29, 0.717) is 6.07 Å². The molecule has 0 heterocycles. The molecule has 0 N–H and O–H groups in total. The normalized spacial score (nSPS) is 10.0. The van der Waals surface area contributed by atoms with E-state index >= 15 is 0 Å². The van der Waals surface area contributed by atoms with Crippen molar-refractivity contribution >= 4 is 11.6 Å². The van der Waals surface area contributed by atoms with Crippen LogP contribution in [0, 0.1) is 18.6 Å². The highest BCUT2D eigenvalue weighted by atomic mass is 35.5. The molecule has 0 nitrogen and oxygen atoms in total. The van der Waals surface area contributed by atoms with Gasteiger partial charge in [-0.3, -0.25) is 0 Å². The lowest BCUT2D eigenvalue weighted by molar-refractivity contribution is 0.580. The highest BCUT2D eigenvalue weighted by Gasteiger charge is 2.03. The Morgan fingerprint density at radius 1 is 1.20 bits per heavy atom. The Hall–Kier alpha value is -0.630. The molecule has 0 aliphatic heterocycles. The Kier molecular flexibility index (Phi) is 1.90. The van der Waals surface area contributed by atoms with Crippen LogP contribution in [0.2, 0.25) is 5.02 Å². The van der Waals surface area contributed by atoms with Crippen molar-refractivity contribution in [3.8, 4) is 0 Å². The molecule has 0 bridgehead atoms. The second kappa shape index (κ2) is 2.54. The van der Waals surface area contributed by atoms with Gasteiger partial charge in [0.25, 0.3) is 0 Å². The second-order valence-electron chi connectivity index (χ2n) is 1.86. The smallest absolute Gasteiger partial charge is 0.144 e. The van der Waals surface area contributed by atoms with Gasteiger partial charge in [-0.05, 0) is 18.6 Å². The summed E-state index contributed by atoms with van der Waals surface area (Å²) in [6.07, 6.45) is 0. The number of rotatable bonds is 0. The van der Waals surface area contributed by atoms with Crippen LogP contribution in [0.1, 0.15) is 5.56 Å². The molecule has 0 aliphatic rings. The zero-order chi connectivity index (χ0) is 7.72. The first-order valence-electron chi connectivity index (χ1n) is 2.58. The minimum atomic E-state index is -0.758. The van der Waals surface area contributed by atoms with Crippen LogP contribution < -0.4 is 0 Å². The van der Waals surface area contributed by atoms with E-state index in [1.807, 2.05) is 0 Å². The molecular weight excluding hydrogens is 158 g/mol. The van der Waals surface area contributed by atoms with Crippen LogP contribution in [0.25, 0.3) is 0 Å². The van der Waals surface area contributed by atoms with Crippen LogP contribution >= 0.6 is 11.6 Å². The molecule has 0 aromatic heterocycles. The molecular formula is C7H4ClF2. The predicted molar refractivity (Wildman–Crippen MR) is 35.8 cm³/mol. The van der Waals surface area contributed by atoms with Crippen molar-refractivity contribution in [2.75, 3.05) is 0 Å². The Morgan fingerprint density at radius 2 is 1.80 bits per heavy atom. The molecule has 3 heteroatoms. The van der Waals surface area contributed by atoms with Crippen molar-refractivity contribution in [3.05, 3.63) is 41.3 Å². The fraction of sp³-hybridized carbons (Fsp3) is 0. The molecule has 0 atom stereocenters. The Morgan fingerprint density at radius 3 is 2.30 bits per heavy atom. The average molecular weight is 162 g/mol. The molecule has 1 rings (SSSR count). The van der Waals surface area contributed by atoms with Gasteiger partial charge in [0, 0.05) is 6.07 Å². The summed E-state index contributed by atoms with van der Waals surface area (Å²) >= 11 is 5.30. The average Bonchev–Trinajstić information content (AvgIpc) is 1.84. The van der Waals surface area contributed by atoms with E-state index in [0.717, 1.165) is 6.07 Å². The maximum atomic E-state index is 12.4. The lowest BCUT2D eigenvalue weighted by Gasteiger charge is -1.96. The van der Waals surface area contributed by atoms with Crippen LogP contribution in [-0.4, -0.2) is 0 Å². The number of halogens is 3. The van der Waals surface area contributed by atoms with Gasteiger partial charge in [-0.25, -0.2) is 8.78 Å². The summed E-state index contributed by atoms with van der Waals surface area (Å²) < 4.78 is 24.8. The molecule has 1 aromatic rings. The monoisotopic (exact) mass is 161 g/mol. The molecule has 53 valence electrons. The highest BCUT2D eigenvalue weighted by Crippen LogP contribution is 2.17. The topological polar surface area (TPSA) is 0 Å². The summed E-state index contributed by atoms with van der Waals surface area (Å²) in [6.45, 7) is 3.30. The molecule has 0 aliphatic carbocycles. The predicted octanol–water partition coefficient (Wildman–Crippen LogP) is 2.80. The summed E-state index contributed by atoms with van der Waals surface area (Å²) in [4.78, 5) is 0. The Balaban J connectivity index is 3.28. The minimum Gasteiger partial charge on any atom is -0.207 e. The summed E-state index contributed by atoms with van der Waals surface area (Å²) in [7, 11) is 0. The SMILES string of the molecule is [CH2]c1cc(Cl)c(F)cc1F. The van der Waals surface area contributed by atoms with Gasteiger partial charge < -0.3 is 0 Å². The van der Waals surface area contributed by atoms with Gasteiger partial charge in [0.1, 0.15) is 11.6 Å². The first-order valence-corrected chi connectivity index (χ1v) is 2.95. The summed E-state index contributed by atoms with van der Waals surface area (Å²) in [5.74, 6) is -1.44. The number of benzene rings is 1. The third kappa shape index (κ3) is 1.27. The van der Waals surface area contributed by atoms with E-state index in [1.165, 1.54) is 0 Å². The van der Waals surface area contributed by atoms with Gasteiger partial charge in [-0.2, -0.15) is 0 Å². The van der Waals surface area contributed by atoms with Gasteiger partial charge in [0.2, 0.25) is 0 Å². The van der Waals surface area contributed by atoms with E-state index in [-0.39, 0.29) is 10.6 Å². The summed E-state index contributed by atoms with van der Waals surface area (Å²) in [5.41, 5.74) is 0.103. The maximum Gasteiger partial charge on any atom is 0.144 e. The first-order chi connectivity index (χ1) is 4.61. The molecule has 0 saturated carbocycles. The molecule has 0 unspecified atom stereocenters. The van der Waals surface area contributed by atoms with E-state index in [4.69, 9.17) is 11.6 Å². The quantitative estimate of drug-likeness (QED) is 0.514. The number of hydrogen-bond acceptors (Lipinski definition) is 0. The van der Waals surface area contributed by atoms with Crippen LogP contribution in [0.5, 0.6) is 0 Å². The second-order valence-corrected chi connectivity index (χ2v) is 2.26. The van der Waals surface area contributed by atoms with Crippen LogP contribution in [0.15, 0.2) is 12.1 Å². The zero-order valence-electron chi connectivity index (χ0n) is 5.00. The largest absolute Gasteiger partial charge is 0.207 e. The van der Waals surface area contributed by atoms with Crippen molar-refractivity contribution in [1.29, 1.82) is 0 Å². The number of hydrogen-bond donors (Lipinski definition) is 0. The molecule has 0 spiro atoms. The van der Waals surface area contributed by atoms with Crippen molar-refractivity contribution in [3.63, 3.8) is 0 Å². The Labute approximate surface area is 62.4 Å². The molecule has 0 fully saturated rings. The van der Waals surface area contributed by atoms with Gasteiger partial charge in [-0.15, -0.1) is 0 Å². The standard InChI is InChI=1S/C7H4ClF2/c1-4-2-5(8)7(10)3-6(4)9/h2-3H,1H2. The van der Waals surface area contributed by atoms with Gasteiger partial charge in [-0.1, -0.05) is 11.6 Å². The fourth-order valence-corrected chi connectivity index (χ4v) is 0.750. The van der Waals surface area contributed by atoms with E-state index < -0.39 is 11.6 Å². The lowest BCUT2D eigenvalue weighted by atomic mass is 10.2. The third-order valence-electron chi connectivity index (χ3n) is 1.09. The maximum absolute atomic E-state index is 12.4. The molecule has 10 heavy (non-hydrogen) atoms. The van der Waals surface area contributed by atoms with Crippen LogP contribution in [0.3, 0.4) is 0 Å². The van der Waals surface area contributed by atoms with E-state index in [9.17, 15) is 8.78 Å². The fourth-order valence-electron chi connectivity index (χ4n) is 0.564.